The summed E-state index contributed by atoms with van der Waals surface area (Å²) < 4.78 is 22.5. The summed E-state index contributed by atoms with van der Waals surface area (Å²) in [6.07, 6.45) is -10.4. The summed E-state index contributed by atoms with van der Waals surface area (Å²) in [4.78, 5) is 23.2. The number of amides is 1. The molecule has 0 radical (unpaired) electrons. The van der Waals surface area contributed by atoms with Crippen LogP contribution in [0.3, 0.4) is 0 Å². The topological polar surface area (TPSA) is 166 Å². The number of aliphatic hydroxyl groups excluding tert-OH is 4. The Morgan fingerprint density at radius 1 is 1.03 bits per heavy atom. The molecule has 2 fully saturated rings. The smallest absolute Gasteiger partial charge is 0.647 e. The van der Waals surface area contributed by atoms with Gasteiger partial charge in [-0.15, -0.1) is 0 Å². The van der Waals surface area contributed by atoms with Crippen molar-refractivity contribution >= 4 is 12.2 Å². The van der Waals surface area contributed by atoms with Crippen LogP contribution in [0.15, 0.2) is 0 Å². The maximum atomic E-state index is 11.7. The third kappa shape index (κ3) is 9.11. The Kier molecular flexibility index (Phi) is 17.2. The van der Waals surface area contributed by atoms with E-state index in [0.717, 1.165) is 0 Å². The second kappa shape index (κ2) is 16.1. The van der Waals surface area contributed by atoms with Gasteiger partial charge in [0.1, 0.15) is 24.4 Å². The zero-order valence-corrected chi connectivity index (χ0v) is 26.6. The molecule has 0 saturated carbocycles. The molecular formula is C20H33K2NO10. The number of nitrogens with zero attached hydrogens (tertiary/aromatic N) is 1. The minimum atomic E-state index is -1.63. The van der Waals surface area contributed by atoms with Crippen LogP contribution in [-0.4, -0.2) is 106 Å². The maximum Gasteiger partial charge on any atom is 1.00 e. The first-order valence-corrected chi connectivity index (χ1v) is 10.4. The number of hydrogen-bond acceptors (Lipinski definition) is 10. The summed E-state index contributed by atoms with van der Waals surface area (Å²) in [6, 6.07) is -0.980. The van der Waals surface area contributed by atoms with Gasteiger partial charge >= 0.3 is 103 Å². The van der Waals surface area contributed by atoms with Crippen LogP contribution in [0.4, 0.5) is 0 Å². The standard InChI is InChI=1S/C20H34NO10.2K/c1-8(2)17-13(21-10(5)24)19(14(25)11(6-22)29-17)31-20-16(27)15(26)18(28-9(3)4)12(7-23)30-20;;/h8-9,11-20,22,25-27H,6H2,1-5H3,(H,21,24);;/q-1;2*+1/p-1. The summed E-state index contributed by atoms with van der Waals surface area (Å²) in [7, 11) is 0. The summed E-state index contributed by atoms with van der Waals surface area (Å²) in [5.74, 6) is -0.694. The molecule has 0 spiro atoms. The molecule has 2 aliphatic rings. The number of carbonyl (C=O) groups is 1. The summed E-state index contributed by atoms with van der Waals surface area (Å²) in [5, 5.41) is 45.4. The van der Waals surface area contributed by atoms with Crippen LogP contribution >= 0.6 is 0 Å². The van der Waals surface area contributed by atoms with Gasteiger partial charge in [0.15, 0.2) is 6.29 Å². The zero-order chi connectivity index (χ0) is 23.5. The van der Waals surface area contributed by atoms with Gasteiger partial charge in [0.2, 0.25) is 0 Å². The van der Waals surface area contributed by atoms with Gasteiger partial charge < -0.3 is 54.3 Å². The molecule has 0 bridgehead atoms. The monoisotopic (exact) mass is 525 g/mol. The molecule has 2 aliphatic heterocycles. The van der Waals surface area contributed by atoms with Crippen LogP contribution in [0.25, 0.3) is 5.32 Å². The molecule has 0 aromatic heterocycles. The Hall–Kier alpha value is 2.09. The van der Waals surface area contributed by atoms with Crippen molar-refractivity contribution in [2.24, 2.45) is 5.92 Å². The Bertz CT molecular complexity index is 613. The fraction of sp³-hybridized carbons (Fsp3) is 0.900. The van der Waals surface area contributed by atoms with Gasteiger partial charge in [0.25, 0.3) is 0 Å². The van der Waals surface area contributed by atoms with Crippen LogP contribution < -0.4 is 103 Å². The van der Waals surface area contributed by atoms with Crippen molar-refractivity contribution in [3.05, 3.63) is 5.32 Å². The first-order valence-electron chi connectivity index (χ1n) is 10.4. The molecule has 4 N–H and O–H groups in total. The molecule has 0 aliphatic carbocycles. The molecule has 2 rings (SSSR count). The Balaban J connectivity index is 0.00000512. The van der Waals surface area contributed by atoms with Gasteiger partial charge in [0, 0.05) is 12.0 Å². The van der Waals surface area contributed by atoms with Gasteiger partial charge in [-0.05, 0) is 32.8 Å². The fourth-order valence-corrected chi connectivity index (χ4v) is 3.85. The third-order valence-electron chi connectivity index (χ3n) is 5.27. The number of aliphatic hydroxyl groups is 4. The quantitative estimate of drug-likeness (QED) is 0.177. The van der Waals surface area contributed by atoms with Crippen LogP contribution in [0.1, 0.15) is 34.6 Å². The Labute approximate surface area is 279 Å². The van der Waals surface area contributed by atoms with Crippen molar-refractivity contribution in [3.63, 3.8) is 0 Å². The van der Waals surface area contributed by atoms with E-state index in [4.69, 9.17) is 18.9 Å². The number of ether oxygens (including phenoxy) is 4. The van der Waals surface area contributed by atoms with Crippen molar-refractivity contribution in [3.8, 4) is 0 Å². The zero-order valence-electron chi connectivity index (χ0n) is 20.3. The minimum absolute atomic E-state index is 0. The van der Waals surface area contributed by atoms with E-state index in [0.29, 0.717) is 0 Å². The molecule has 2 saturated heterocycles. The predicted molar refractivity (Wildman–Crippen MR) is 106 cm³/mol. The van der Waals surface area contributed by atoms with Gasteiger partial charge in [-0.1, -0.05) is 19.9 Å². The maximum absolute atomic E-state index is 11.7. The second-order valence-corrected chi connectivity index (χ2v) is 8.47. The average Bonchev–Trinajstić information content (AvgIpc) is 2.69. The molecule has 11 nitrogen and oxygen atoms in total. The number of hydrogen-bond donors (Lipinski definition) is 4. The molecule has 1 amide bonds. The normalized spacial score (nSPS) is 38.9. The third-order valence-corrected chi connectivity index (χ3v) is 5.27. The van der Waals surface area contributed by atoms with E-state index in [1.165, 1.54) is 6.92 Å². The van der Waals surface area contributed by atoms with Crippen LogP contribution in [-0.2, 0) is 28.5 Å². The first-order chi connectivity index (χ1) is 14.5. The van der Waals surface area contributed by atoms with E-state index < -0.39 is 73.7 Å². The van der Waals surface area contributed by atoms with Crippen molar-refractivity contribution in [1.29, 1.82) is 0 Å². The van der Waals surface area contributed by atoms with Crippen molar-refractivity contribution in [2.75, 3.05) is 6.61 Å². The van der Waals surface area contributed by atoms with Crippen molar-refractivity contribution < 1.29 is 152 Å². The molecular weight excluding hydrogens is 492 g/mol. The second-order valence-electron chi connectivity index (χ2n) is 8.47. The largest absolute Gasteiger partial charge is 1.00 e. The van der Waals surface area contributed by atoms with Gasteiger partial charge in [-0.25, -0.2) is 6.29 Å². The Morgan fingerprint density at radius 3 is 2.09 bits per heavy atom. The van der Waals surface area contributed by atoms with Gasteiger partial charge in [0.05, 0.1) is 24.9 Å². The molecule has 10 atom stereocenters. The van der Waals surface area contributed by atoms with Crippen molar-refractivity contribution in [1.82, 2.24) is 0 Å². The molecule has 2 heterocycles. The van der Waals surface area contributed by atoms with E-state index in [-0.39, 0.29) is 115 Å². The average molecular weight is 526 g/mol. The van der Waals surface area contributed by atoms with E-state index in [9.17, 15) is 30.0 Å². The number of carbonyl (C=O) groups excluding carboxylic acids is 2. The molecule has 13 heteroatoms. The Morgan fingerprint density at radius 2 is 1.64 bits per heavy atom. The van der Waals surface area contributed by atoms with Crippen LogP contribution in [0, 0.1) is 5.92 Å². The van der Waals surface area contributed by atoms with E-state index >= 15 is 0 Å². The molecule has 0 aromatic rings. The van der Waals surface area contributed by atoms with E-state index in [2.05, 4.69) is 5.32 Å². The summed E-state index contributed by atoms with van der Waals surface area (Å²) in [5.41, 5.74) is 0. The molecule has 180 valence electrons. The van der Waals surface area contributed by atoms with E-state index in [1.807, 2.05) is 13.8 Å². The van der Waals surface area contributed by atoms with Crippen LogP contribution in [0.2, 0.25) is 0 Å². The molecule has 33 heavy (non-hydrogen) atoms. The molecule has 0 aromatic carbocycles. The summed E-state index contributed by atoms with van der Waals surface area (Å²) >= 11 is 0. The van der Waals surface area contributed by atoms with Crippen molar-refractivity contribution in [2.45, 2.75) is 102 Å². The fourth-order valence-electron chi connectivity index (χ4n) is 3.85. The number of rotatable bonds is 8. The van der Waals surface area contributed by atoms with E-state index in [1.54, 1.807) is 20.1 Å². The summed E-state index contributed by atoms with van der Waals surface area (Å²) in [6.45, 7) is 7.73. The minimum Gasteiger partial charge on any atom is -0.647 e. The first kappa shape index (κ1) is 35.1. The van der Waals surface area contributed by atoms with Gasteiger partial charge in [-0.3, -0.25) is 0 Å². The molecule has 10 unspecified atom stereocenters. The van der Waals surface area contributed by atoms with Gasteiger partial charge in [-0.2, -0.15) is 0 Å². The predicted octanol–water partition coefficient (Wildman–Crippen LogP) is -7.21. The van der Waals surface area contributed by atoms with Crippen LogP contribution in [0.5, 0.6) is 0 Å². The SMILES string of the molecule is CC(=O)[N-]C1C(C(C)C)OC(CO)C(O)C1OC1OC([C-]=O)C(OC(C)C)C(O)C1O.[K+].[K+].